The lowest BCUT2D eigenvalue weighted by atomic mass is 9.64. The van der Waals surface area contributed by atoms with Crippen LogP contribution in [0.25, 0.3) is 0 Å². The molecule has 2 aliphatic rings. The maximum absolute atomic E-state index is 12.6. The van der Waals surface area contributed by atoms with Crippen LogP contribution in [0.4, 0.5) is 8.78 Å². The first-order valence-electron chi connectivity index (χ1n) is 8.90. The summed E-state index contributed by atoms with van der Waals surface area (Å²) < 4.78 is 54.5. The van der Waals surface area contributed by atoms with Gasteiger partial charge in [0.2, 0.25) is 0 Å². The first-order chi connectivity index (χ1) is 12.1. The molecule has 2 fully saturated rings. The van der Waals surface area contributed by atoms with Crippen LogP contribution in [-0.4, -0.2) is 70.4 Å². The number of sulfonamides is 1. The minimum atomic E-state index is -4.46. The van der Waals surface area contributed by atoms with Crippen molar-refractivity contribution in [2.45, 2.75) is 51.0 Å². The van der Waals surface area contributed by atoms with E-state index in [1.807, 2.05) is 0 Å². The first kappa shape index (κ1) is 24.8. The molecule has 7 nitrogen and oxygen atoms in total. The Bertz CT molecular complexity index is 611. The van der Waals surface area contributed by atoms with Crippen molar-refractivity contribution in [2.24, 2.45) is 16.3 Å². The second-order valence-electron chi connectivity index (χ2n) is 7.58. The summed E-state index contributed by atoms with van der Waals surface area (Å²) in [4.78, 5) is 4.24. The molecule has 0 aromatic rings. The number of hydrogen-bond acceptors (Lipinski definition) is 4. The van der Waals surface area contributed by atoms with Crippen LogP contribution in [0.1, 0.15) is 33.1 Å². The van der Waals surface area contributed by atoms with Crippen molar-refractivity contribution in [1.29, 1.82) is 0 Å². The van der Waals surface area contributed by atoms with Gasteiger partial charge in [0.05, 0.1) is 6.10 Å². The quantitative estimate of drug-likeness (QED) is 0.315. The Kier molecular flexibility index (Phi) is 9.14. The van der Waals surface area contributed by atoms with Crippen molar-refractivity contribution in [3.8, 4) is 0 Å². The summed E-state index contributed by atoms with van der Waals surface area (Å²) in [5.41, 5.74) is 0.0152. The van der Waals surface area contributed by atoms with E-state index in [1.165, 1.54) is 0 Å². The zero-order valence-electron chi connectivity index (χ0n) is 16.2. The highest BCUT2D eigenvalue weighted by Gasteiger charge is 2.49. The summed E-state index contributed by atoms with van der Waals surface area (Å²) >= 11 is 0. The van der Waals surface area contributed by atoms with Crippen molar-refractivity contribution < 1.29 is 21.9 Å². The Morgan fingerprint density at radius 3 is 2.37 bits per heavy atom. The smallest absolute Gasteiger partial charge is 0.350 e. The summed E-state index contributed by atoms with van der Waals surface area (Å²) in [5, 5.41) is 6.67. The maximum Gasteiger partial charge on any atom is 0.350 e. The van der Waals surface area contributed by atoms with Gasteiger partial charge >= 0.3 is 5.76 Å². The molecule has 1 heterocycles. The van der Waals surface area contributed by atoms with Gasteiger partial charge in [-0.25, -0.2) is 8.42 Å². The number of halogens is 3. The number of piperidine rings is 1. The number of rotatable bonds is 6. The lowest BCUT2D eigenvalue weighted by Crippen LogP contribution is -2.63. The minimum Gasteiger partial charge on any atom is -0.381 e. The van der Waals surface area contributed by atoms with E-state index in [2.05, 4.69) is 29.5 Å². The molecular weight excluding hydrogens is 493 g/mol. The van der Waals surface area contributed by atoms with Crippen molar-refractivity contribution >= 4 is 40.0 Å². The van der Waals surface area contributed by atoms with Gasteiger partial charge in [0.15, 0.2) is 5.96 Å². The molecule has 1 saturated carbocycles. The van der Waals surface area contributed by atoms with E-state index in [9.17, 15) is 17.2 Å². The molecule has 11 heteroatoms. The number of nitrogens with zero attached hydrogens (tertiary/aromatic N) is 2. The molecule has 2 atom stereocenters. The Balaban J connectivity index is 0.00000364. The normalized spacial score (nSPS) is 27.0. The predicted molar refractivity (Wildman–Crippen MR) is 112 cm³/mol. The number of nitrogens with one attached hydrogen (secondary N) is 2. The topological polar surface area (TPSA) is 83.0 Å². The van der Waals surface area contributed by atoms with Crippen molar-refractivity contribution in [3.05, 3.63) is 0 Å². The van der Waals surface area contributed by atoms with Crippen molar-refractivity contribution in [1.82, 2.24) is 14.9 Å². The standard InChI is InChI=1S/C16H30F2N4O3S.HI/c1-16(2)12(9-13(16)25-4)21-15(19-3)20-10-11-5-7-22(8-6-11)26(23,24)14(17)18;/h11-14H,5-10H2,1-4H3,(H2,19,20,21);1H. The van der Waals surface area contributed by atoms with Crippen LogP contribution in [0.15, 0.2) is 4.99 Å². The highest BCUT2D eigenvalue weighted by molar-refractivity contribution is 14.0. The molecular formula is C16H31F2IN4O3S. The Labute approximate surface area is 177 Å². The molecule has 160 valence electrons. The van der Waals surface area contributed by atoms with Crippen LogP contribution in [-0.2, 0) is 14.8 Å². The lowest BCUT2D eigenvalue weighted by Gasteiger charge is -2.51. The van der Waals surface area contributed by atoms with E-state index in [0.29, 0.717) is 25.3 Å². The molecule has 0 bridgehead atoms. The van der Waals surface area contributed by atoms with Gasteiger partial charge in [-0.15, -0.1) is 24.0 Å². The fourth-order valence-corrected chi connectivity index (χ4v) is 4.56. The Morgan fingerprint density at radius 1 is 1.33 bits per heavy atom. The van der Waals surface area contributed by atoms with E-state index >= 15 is 0 Å². The molecule has 0 amide bonds. The van der Waals surface area contributed by atoms with E-state index in [-0.39, 0.29) is 60.5 Å². The van der Waals surface area contributed by atoms with Gasteiger partial charge in [-0.1, -0.05) is 13.8 Å². The van der Waals surface area contributed by atoms with Crippen LogP contribution >= 0.6 is 24.0 Å². The molecule has 2 rings (SSSR count). The summed E-state index contributed by atoms with van der Waals surface area (Å²) in [7, 11) is -1.04. The molecule has 0 spiro atoms. The van der Waals surface area contributed by atoms with Gasteiger partial charge in [0, 0.05) is 45.2 Å². The third-order valence-electron chi connectivity index (χ3n) is 5.71. The van der Waals surface area contributed by atoms with Crippen LogP contribution in [0.2, 0.25) is 0 Å². The van der Waals surface area contributed by atoms with Crippen molar-refractivity contribution in [3.63, 3.8) is 0 Å². The summed E-state index contributed by atoms with van der Waals surface area (Å²) in [6.07, 6.45) is 2.24. The fourth-order valence-electron chi connectivity index (χ4n) is 3.61. The zero-order valence-corrected chi connectivity index (χ0v) is 19.4. The summed E-state index contributed by atoms with van der Waals surface area (Å²) in [6.45, 7) is 5.19. The summed E-state index contributed by atoms with van der Waals surface area (Å²) in [5.74, 6) is -2.43. The van der Waals surface area contributed by atoms with E-state index in [0.717, 1.165) is 10.7 Å². The number of aliphatic imine (C=N–C) groups is 1. The van der Waals surface area contributed by atoms with Crippen molar-refractivity contribution in [2.75, 3.05) is 33.8 Å². The lowest BCUT2D eigenvalue weighted by molar-refractivity contribution is -0.0922. The second kappa shape index (κ2) is 9.97. The molecule has 0 radical (unpaired) electrons. The zero-order chi connectivity index (χ0) is 19.5. The van der Waals surface area contributed by atoms with E-state index < -0.39 is 15.8 Å². The molecule has 27 heavy (non-hydrogen) atoms. The van der Waals surface area contributed by atoms with Gasteiger partial charge in [-0.3, -0.25) is 4.99 Å². The van der Waals surface area contributed by atoms with Gasteiger partial charge in [-0.05, 0) is 25.2 Å². The monoisotopic (exact) mass is 524 g/mol. The number of ether oxygens (including phenoxy) is 1. The van der Waals surface area contributed by atoms with Crippen LogP contribution in [0.5, 0.6) is 0 Å². The van der Waals surface area contributed by atoms with Crippen LogP contribution < -0.4 is 10.6 Å². The average Bonchev–Trinajstić information content (AvgIpc) is 2.60. The molecule has 2 N–H and O–H groups in total. The third-order valence-corrected chi connectivity index (χ3v) is 7.25. The first-order valence-corrected chi connectivity index (χ1v) is 10.4. The minimum absolute atomic E-state index is 0. The van der Waals surface area contributed by atoms with E-state index in [1.54, 1.807) is 14.2 Å². The molecule has 1 aliphatic carbocycles. The highest BCUT2D eigenvalue weighted by atomic mass is 127. The molecule has 1 aliphatic heterocycles. The Morgan fingerprint density at radius 2 is 1.93 bits per heavy atom. The van der Waals surface area contributed by atoms with Gasteiger partial charge in [0.25, 0.3) is 10.0 Å². The second-order valence-corrected chi connectivity index (χ2v) is 9.48. The average molecular weight is 524 g/mol. The maximum atomic E-state index is 12.6. The predicted octanol–water partition coefficient (Wildman–Crippen LogP) is 1.85. The molecule has 0 aromatic carbocycles. The van der Waals surface area contributed by atoms with Gasteiger partial charge in [0.1, 0.15) is 0 Å². The Hall–Kier alpha value is -0.270. The molecule has 1 saturated heterocycles. The van der Waals surface area contributed by atoms with Crippen LogP contribution in [0.3, 0.4) is 0 Å². The largest absolute Gasteiger partial charge is 0.381 e. The third kappa shape index (κ3) is 5.63. The number of guanidine groups is 1. The highest BCUT2D eigenvalue weighted by Crippen LogP contribution is 2.42. The SMILES string of the molecule is CN=C(NCC1CCN(S(=O)(=O)C(F)F)CC1)NC1CC(OC)C1(C)C.I. The number of methoxy groups -OCH3 is 1. The number of hydrogen-bond donors (Lipinski definition) is 2. The fraction of sp³-hybridized carbons (Fsp3) is 0.938. The van der Waals surface area contributed by atoms with Gasteiger partial charge in [-0.2, -0.15) is 13.1 Å². The van der Waals surface area contributed by atoms with Gasteiger partial charge < -0.3 is 15.4 Å². The van der Waals surface area contributed by atoms with E-state index in [4.69, 9.17) is 4.74 Å². The molecule has 0 aromatic heterocycles. The van der Waals surface area contributed by atoms with Crippen LogP contribution in [0, 0.1) is 11.3 Å². The molecule has 2 unspecified atom stereocenters. The number of alkyl halides is 2. The summed E-state index contributed by atoms with van der Waals surface area (Å²) in [6, 6.07) is 0.261.